The van der Waals surface area contributed by atoms with Crippen molar-refractivity contribution in [3.63, 3.8) is 0 Å². The lowest BCUT2D eigenvalue weighted by Crippen LogP contribution is -2.39. The molecule has 2 aromatic rings. The van der Waals surface area contributed by atoms with E-state index in [1.807, 2.05) is 20.8 Å². The Kier molecular flexibility index (Phi) is 3.56. The lowest BCUT2D eigenvalue weighted by molar-refractivity contribution is 0.0224. The summed E-state index contributed by atoms with van der Waals surface area (Å²) < 4.78 is 19.0. The molecule has 22 heavy (non-hydrogen) atoms. The molecule has 0 atom stereocenters. The maximum atomic E-state index is 13.6. The molecule has 2 heterocycles. The van der Waals surface area contributed by atoms with Gasteiger partial charge in [-0.1, -0.05) is 11.6 Å². The summed E-state index contributed by atoms with van der Waals surface area (Å²) >= 11 is 6.02. The van der Waals surface area contributed by atoms with Crippen molar-refractivity contribution in [2.75, 3.05) is 6.54 Å². The Hall–Kier alpha value is -1.75. The Morgan fingerprint density at radius 2 is 2.14 bits per heavy atom. The number of halogens is 2. The lowest BCUT2D eigenvalue weighted by atomic mass is 10.0. The zero-order valence-corrected chi connectivity index (χ0v) is 13.6. The molecule has 1 amide bonds. The molecular formula is C16H18ClFN2O2. The molecule has 1 aliphatic rings. The molecular weight excluding hydrogens is 307 g/mol. The quantitative estimate of drug-likeness (QED) is 0.787. The SMILES string of the molecule is CC(C)(C)OC(=O)N1CCc2[nH]c3c(Cl)c(F)ccc3c2C1. The molecule has 6 heteroatoms. The first kappa shape index (κ1) is 15.2. The number of hydrogen-bond donors (Lipinski definition) is 1. The Morgan fingerprint density at radius 3 is 2.82 bits per heavy atom. The number of aromatic nitrogens is 1. The van der Waals surface area contributed by atoms with Crippen molar-refractivity contribution in [1.82, 2.24) is 9.88 Å². The Bertz CT molecular complexity index is 749. The van der Waals surface area contributed by atoms with Gasteiger partial charge in [0.25, 0.3) is 0 Å². The van der Waals surface area contributed by atoms with Gasteiger partial charge in [-0.15, -0.1) is 0 Å². The van der Waals surface area contributed by atoms with Crippen LogP contribution >= 0.6 is 11.6 Å². The smallest absolute Gasteiger partial charge is 0.410 e. The third-order valence-electron chi connectivity index (χ3n) is 3.69. The van der Waals surface area contributed by atoms with Gasteiger partial charge in [0.1, 0.15) is 16.4 Å². The van der Waals surface area contributed by atoms with Crippen LogP contribution in [-0.2, 0) is 17.7 Å². The Labute approximate surface area is 133 Å². The molecule has 0 aliphatic carbocycles. The average Bonchev–Trinajstić information content (AvgIpc) is 2.79. The van der Waals surface area contributed by atoms with Crippen LogP contribution in [0, 0.1) is 5.82 Å². The first-order chi connectivity index (χ1) is 10.3. The van der Waals surface area contributed by atoms with Gasteiger partial charge in [0.15, 0.2) is 0 Å². The molecule has 1 aliphatic heterocycles. The molecule has 1 N–H and O–H groups in total. The number of amides is 1. The normalized spacial score (nSPS) is 15.0. The summed E-state index contributed by atoms with van der Waals surface area (Å²) in [7, 11) is 0. The summed E-state index contributed by atoms with van der Waals surface area (Å²) in [4.78, 5) is 17.1. The highest BCUT2D eigenvalue weighted by atomic mass is 35.5. The first-order valence-corrected chi connectivity index (χ1v) is 7.59. The van der Waals surface area contributed by atoms with E-state index in [1.54, 1.807) is 11.0 Å². The summed E-state index contributed by atoms with van der Waals surface area (Å²) in [5.74, 6) is -0.447. The summed E-state index contributed by atoms with van der Waals surface area (Å²) in [6.07, 6.45) is 0.335. The zero-order chi connectivity index (χ0) is 16.1. The molecule has 1 aromatic carbocycles. The number of rotatable bonds is 0. The summed E-state index contributed by atoms with van der Waals surface area (Å²) in [5.41, 5.74) is 2.05. The maximum Gasteiger partial charge on any atom is 0.410 e. The molecule has 0 fully saturated rings. The second kappa shape index (κ2) is 5.16. The number of carbonyl (C=O) groups excluding carboxylic acids is 1. The van der Waals surface area contributed by atoms with Crippen LogP contribution in [0.4, 0.5) is 9.18 Å². The van der Waals surface area contributed by atoms with E-state index in [9.17, 15) is 9.18 Å². The van der Waals surface area contributed by atoms with Gasteiger partial charge >= 0.3 is 6.09 Å². The zero-order valence-electron chi connectivity index (χ0n) is 12.8. The van der Waals surface area contributed by atoms with Crippen molar-refractivity contribution in [3.8, 4) is 0 Å². The number of carbonyl (C=O) groups is 1. The number of aromatic amines is 1. The van der Waals surface area contributed by atoms with Crippen molar-refractivity contribution in [3.05, 3.63) is 34.2 Å². The Balaban J connectivity index is 1.93. The molecule has 0 spiro atoms. The molecule has 1 aromatic heterocycles. The summed E-state index contributed by atoms with van der Waals surface area (Å²) in [6, 6.07) is 3.05. The van der Waals surface area contributed by atoms with Gasteiger partial charge in [0, 0.05) is 29.6 Å². The summed E-state index contributed by atoms with van der Waals surface area (Å²) in [5, 5.41) is 0.949. The largest absolute Gasteiger partial charge is 0.444 e. The van der Waals surface area contributed by atoms with Crippen molar-refractivity contribution >= 4 is 28.6 Å². The fourth-order valence-corrected chi connectivity index (χ4v) is 2.92. The lowest BCUT2D eigenvalue weighted by Gasteiger charge is -2.30. The van der Waals surface area contributed by atoms with E-state index in [1.165, 1.54) is 6.07 Å². The molecule has 0 unspecified atom stereocenters. The standard InChI is InChI=1S/C16H18ClFN2O2/c1-16(2,3)22-15(21)20-7-6-12-10(8-20)9-4-5-11(18)13(17)14(9)19-12/h4-5,19H,6-8H2,1-3H3. The number of benzene rings is 1. The molecule has 0 radical (unpaired) electrons. The van der Waals surface area contributed by atoms with Gasteiger partial charge in [-0.05, 0) is 32.9 Å². The van der Waals surface area contributed by atoms with Gasteiger partial charge in [0.05, 0.1) is 12.1 Å². The van der Waals surface area contributed by atoms with Crippen molar-refractivity contribution < 1.29 is 13.9 Å². The maximum absolute atomic E-state index is 13.6. The minimum atomic E-state index is -0.524. The highest BCUT2D eigenvalue weighted by Gasteiger charge is 2.28. The van der Waals surface area contributed by atoms with Crippen LogP contribution in [0.3, 0.4) is 0 Å². The van der Waals surface area contributed by atoms with E-state index < -0.39 is 11.4 Å². The second-order valence-corrected chi connectivity index (χ2v) is 6.90. The van der Waals surface area contributed by atoms with E-state index in [2.05, 4.69) is 4.98 Å². The third kappa shape index (κ3) is 2.65. The van der Waals surface area contributed by atoms with Gasteiger partial charge in [-0.25, -0.2) is 9.18 Å². The van der Waals surface area contributed by atoms with Crippen LogP contribution in [0.5, 0.6) is 0 Å². The first-order valence-electron chi connectivity index (χ1n) is 7.21. The van der Waals surface area contributed by atoms with Crippen LogP contribution in [-0.4, -0.2) is 28.1 Å². The summed E-state index contributed by atoms with van der Waals surface area (Å²) in [6.45, 7) is 6.53. The number of nitrogens with one attached hydrogen (secondary N) is 1. The van der Waals surface area contributed by atoms with E-state index in [0.717, 1.165) is 16.6 Å². The fraction of sp³-hybridized carbons (Fsp3) is 0.438. The predicted octanol–water partition coefficient (Wildman–Crippen LogP) is 4.25. The van der Waals surface area contributed by atoms with Crippen molar-refractivity contribution in [2.24, 2.45) is 0 Å². The third-order valence-corrected chi connectivity index (χ3v) is 4.06. The highest BCUT2D eigenvalue weighted by molar-refractivity contribution is 6.35. The average molecular weight is 325 g/mol. The fourth-order valence-electron chi connectivity index (χ4n) is 2.71. The van der Waals surface area contributed by atoms with Crippen molar-refractivity contribution in [2.45, 2.75) is 39.3 Å². The molecule has 0 saturated heterocycles. The molecule has 3 rings (SSSR count). The minimum absolute atomic E-state index is 0.0933. The van der Waals surface area contributed by atoms with Crippen LogP contribution in [0.1, 0.15) is 32.0 Å². The highest BCUT2D eigenvalue weighted by Crippen LogP contribution is 2.33. The van der Waals surface area contributed by atoms with Crippen molar-refractivity contribution in [1.29, 1.82) is 0 Å². The minimum Gasteiger partial charge on any atom is -0.444 e. The number of ether oxygens (including phenoxy) is 1. The van der Waals surface area contributed by atoms with Gasteiger partial charge in [-0.2, -0.15) is 0 Å². The van der Waals surface area contributed by atoms with Crippen LogP contribution in [0.2, 0.25) is 5.02 Å². The predicted molar refractivity (Wildman–Crippen MR) is 83.6 cm³/mol. The number of hydrogen-bond acceptors (Lipinski definition) is 2. The van der Waals surface area contributed by atoms with Crippen LogP contribution < -0.4 is 0 Å². The number of H-pyrrole nitrogens is 1. The van der Waals surface area contributed by atoms with Gasteiger partial charge in [0.2, 0.25) is 0 Å². The van der Waals surface area contributed by atoms with E-state index in [-0.39, 0.29) is 11.1 Å². The molecule has 118 valence electrons. The molecule has 0 saturated carbocycles. The molecule has 0 bridgehead atoms. The monoisotopic (exact) mass is 324 g/mol. The second-order valence-electron chi connectivity index (χ2n) is 6.52. The Morgan fingerprint density at radius 1 is 1.41 bits per heavy atom. The van der Waals surface area contributed by atoms with Crippen LogP contribution in [0.25, 0.3) is 10.9 Å². The van der Waals surface area contributed by atoms with E-state index in [0.29, 0.717) is 25.0 Å². The number of fused-ring (bicyclic) bond motifs is 3. The van der Waals surface area contributed by atoms with Gasteiger partial charge < -0.3 is 14.6 Å². The van der Waals surface area contributed by atoms with Crippen LogP contribution in [0.15, 0.2) is 12.1 Å². The van der Waals surface area contributed by atoms with E-state index >= 15 is 0 Å². The van der Waals surface area contributed by atoms with Gasteiger partial charge in [-0.3, -0.25) is 0 Å². The topological polar surface area (TPSA) is 45.3 Å². The number of nitrogens with zero attached hydrogens (tertiary/aromatic N) is 1. The molecule has 4 nitrogen and oxygen atoms in total. The van der Waals surface area contributed by atoms with E-state index in [4.69, 9.17) is 16.3 Å².